The second-order valence-electron chi connectivity index (χ2n) is 5.93. The molecule has 0 fully saturated rings. The summed E-state index contributed by atoms with van der Waals surface area (Å²) in [5.41, 5.74) is 1.29. The maximum absolute atomic E-state index is 12.3. The van der Waals surface area contributed by atoms with E-state index in [1.54, 1.807) is 31.3 Å². The second-order valence-corrected chi connectivity index (χ2v) is 5.93. The molecular weight excluding hydrogens is 381 g/mol. The average molecular weight is 402 g/mol. The summed E-state index contributed by atoms with van der Waals surface area (Å²) in [5.74, 6) is -0.0385. The first-order chi connectivity index (χ1) is 11.4. The van der Waals surface area contributed by atoms with Crippen LogP contribution in [-0.2, 0) is 16.8 Å². The zero-order chi connectivity index (χ0) is 17.3. The lowest BCUT2D eigenvalue weighted by Crippen LogP contribution is -2.34. The maximum Gasteiger partial charge on any atom is 0.435 e. The monoisotopic (exact) mass is 401 g/mol. The van der Waals surface area contributed by atoms with Crippen LogP contribution >= 0.6 is 24.8 Å². The molecule has 3 heterocycles. The van der Waals surface area contributed by atoms with Gasteiger partial charge in [-0.1, -0.05) is 6.07 Å². The van der Waals surface area contributed by atoms with Crippen molar-refractivity contribution in [3.8, 4) is 0 Å². The van der Waals surface area contributed by atoms with Crippen molar-refractivity contribution < 1.29 is 14.3 Å². The van der Waals surface area contributed by atoms with Crippen molar-refractivity contribution in [2.24, 2.45) is 0 Å². The highest BCUT2D eigenvalue weighted by Crippen LogP contribution is 2.35. The van der Waals surface area contributed by atoms with Crippen LogP contribution < -0.4 is 10.6 Å². The van der Waals surface area contributed by atoms with Crippen molar-refractivity contribution >= 4 is 42.6 Å². The quantitative estimate of drug-likeness (QED) is 0.819. The number of hydrogen-bond acceptors (Lipinski definition) is 6. The molecule has 2 N–H and O–H groups in total. The number of halogens is 2. The molecule has 142 valence electrons. The highest BCUT2D eigenvalue weighted by atomic mass is 35.5. The number of nitrogens with zero attached hydrogens (tertiary/aromatic N) is 3. The smallest absolute Gasteiger partial charge is 0.435 e. The van der Waals surface area contributed by atoms with Crippen LogP contribution in [0.1, 0.15) is 42.5 Å². The van der Waals surface area contributed by atoms with Gasteiger partial charge in [-0.05, 0) is 32.9 Å². The van der Waals surface area contributed by atoms with Crippen LogP contribution in [0.5, 0.6) is 0 Å². The number of nitrogens with one attached hydrogen (secondary N) is 2. The molecule has 0 radical (unpaired) electrons. The van der Waals surface area contributed by atoms with Gasteiger partial charge in [-0.2, -0.15) is 4.68 Å². The Kier molecular flexibility index (Phi) is 7.14. The van der Waals surface area contributed by atoms with Crippen LogP contribution in [0.2, 0.25) is 0 Å². The van der Waals surface area contributed by atoms with Gasteiger partial charge in [0.05, 0.1) is 17.8 Å². The SMILES string of the molecule is CCOC(=O)n1nc(NC(=O)c2ccccn2)c2c1C(C)(C)NC2.Cl.Cl. The van der Waals surface area contributed by atoms with Crippen LogP contribution in [0, 0.1) is 0 Å². The van der Waals surface area contributed by atoms with Crippen molar-refractivity contribution in [2.75, 3.05) is 11.9 Å². The summed E-state index contributed by atoms with van der Waals surface area (Å²) >= 11 is 0. The first-order valence-electron chi connectivity index (χ1n) is 7.71. The summed E-state index contributed by atoms with van der Waals surface area (Å²) in [6.45, 7) is 6.37. The Morgan fingerprint density at radius 2 is 2.08 bits per heavy atom. The Labute approximate surface area is 163 Å². The number of anilines is 1. The Balaban J connectivity index is 0.00000169. The largest absolute Gasteiger partial charge is 0.448 e. The Bertz CT molecular complexity index is 793. The molecule has 3 rings (SSSR count). The highest BCUT2D eigenvalue weighted by molar-refractivity contribution is 6.02. The molecule has 0 saturated carbocycles. The van der Waals surface area contributed by atoms with E-state index in [1.165, 1.54) is 4.68 Å². The van der Waals surface area contributed by atoms with Gasteiger partial charge in [-0.3, -0.25) is 9.78 Å². The van der Waals surface area contributed by atoms with E-state index in [0.29, 0.717) is 18.1 Å². The van der Waals surface area contributed by atoms with Crippen molar-refractivity contribution in [1.82, 2.24) is 20.1 Å². The lowest BCUT2D eigenvalue weighted by atomic mass is 10.0. The zero-order valence-corrected chi connectivity index (χ0v) is 16.2. The molecular formula is C16H21Cl2N5O3. The molecule has 10 heteroatoms. The van der Waals surface area contributed by atoms with E-state index >= 15 is 0 Å². The van der Waals surface area contributed by atoms with E-state index in [-0.39, 0.29) is 43.0 Å². The molecule has 0 unspecified atom stereocenters. The molecule has 0 saturated heterocycles. The summed E-state index contributed by atoms with van der Waals surface area (Å²) in [4.78, 5) is 28.5. The fraction of sp³-hybridized carbons (Fsp3) is 0.375. The molecule has 2 aromatic heterocycles. The van der Waals surface area contributed by atoms with E-state index < -0.39 is 11.6 Å². The fourth-order valence-electron chi connectivity index (χ4n) is 2.74. The maximum atomic E-state index is 12.3. The molecule has 0 bridgehead atoms. The van der Waals surface area contributed by atoms with Crippen LogP contribution in [0.3, 0.4) is 0 Å². The standard InChI is InChI=1S/C16H19N5O3.2ClH/c1-4-24-15(23)21-12-10(9-18-16(12,2)3)13(20-21)19-14(22)11-7-5-6-8-17-11;;/h5-8,18H,4,9H2,1-3H3,(H,19,20,22);2*1H. The third kappa shape index (κ3) is 3.98. The Morgan fingerprint density at radius 3 is 2.69 bits per heavy atom. The minimum atomic E-state index is -0.566. The van der Waals surface area contributed by atoms with E-state index in [9.17, 15) is 9.59 Å². The second kappa shape index (κ2) is 8.48. The minimum absolute atomic E-state index is 0. The molecule has 26 heavy (non-hydrogen) atoms. The summed E-state index contributed by atoms with van der Waals surface area (Å²) in [5, 5.41) is 10.3. The fourth-order valence-corrected chi connectivity index (χ4v) is 2.74. The first-order valence-corrected chi connectivity index (χ1v) is 7.71. The Morgan fingerprint density at radius 1 is 1.35 bits per heavy atom. The summed E-state index contributed by atoms with van der Waals surface area (Å²) in [7, 11) is 0. The molecule has 0 aromatic carbocycles. The molecule has 1 aliphatic heterocycles. The molecule has 2 aromatic rings. The lowest BCUT2D eigenvalue weighted by molar-refractivity contribution is 0.102. The van der Waals surface area contributed by atoms with Gasteiger partial charge < -0.3 is 15.4 Å². The number of carbonyl (C=O) groups excluding carboxylic acids is 2. The summed E-state index contributed by atoms with van der Waals surface area (Å²) in [6, 6.07) is 5.07. The molecule has 0 aliphatic carbocycles. The van der Waals surface area contributed by atoms with Gasteiger partial charge in [-0.25, -0.2) is 4.79 Å². The lowest BCUT2D eigenvalue weighted by Gasteiger charge is -2.20. The number of fused-ring (bicyclic) bond motifs is 1. The average Bonchev–Trinajstić information content (AvgIpc) is 3.08. The highest BCUT2D eigenvalue weighted by Gasteiger charge is 2.39. The number of ether oxygens (including phenoxy) is 1. The summed E-state index contributed by atoms with van der Waals surface area (Å²) in [6.07, 6.45) is 0.977. The normalized spacial score (nSPS) is 13.8. The van der Waals surface area contributed by atoms with Gasteiger partial charge in [0.15, 0.2) is 5.82 Å². The van der Waals surface area contributed by atoms with E-state index in [2.05, 4.69) is 20.7 Å². The van der Waals surface area contributed by atoms with Crippen LogP contribution in [-0.4, -0.2) is 33.4 Å². The van der Waals surface area contributed by atoms with Gasteiger partial charge in [0, 0.05) is 18.3 Å². The van der Waals surface area contributed by atoms with Crippen LogP contribution in [0.15, 0.2) is 24.4 Å². The first kappa shape index (κ1) is 21.9. The predicted molar refractivity (Wildman–Crippen MR) is 101 cm³/mol. The van der Waals surface area contributed by atoms with E-state index in [0.717, 1.165) is 5.56 Å². The number of hydrogen-bond donors (Lipinski definition) is 2. The predicted octanol–water partition coefficient (Wildman–Crippen LogP) is 2.72. The molecule has 1 aliphatic rings. The van der Waals surface area contributed by atoms with E-state index in [4.69, 9.17) is 4.74 Å². The number of carbonyl (C=O) groups is 2. The van der Waals surface area contributed by atoms with Gasteiger partial charge in [0.2, 0.25) is 0 Å². The van der Waals surface area contributed by atoms with Gasteiger partial charge in [0.1, 0.15) is 5.69 Å². The van der Waals surface area contributed by atoms with Crippen molar-refractivity contribution in [1.29, 1.82) is 0 Å². The van der Waals surface area contributed by atoms with Gasteiger partial charge in [-0.15, -0.1) is 29.9 Å². The van der Waals surface area contributed by atoms with E-state index in [1.807, 2.05) is 13.8 Å². The Hall–Kier alpha value is -2.16. The van der Waals surface area contributed by atoms with Crippen molar-refractivity contribution in [2.45, 2.75) is 32.9 Å². The van der Waals surface area contributed by atoms with Gasteiger partial charge >= 0.3 is 6.09 Å². The van der Waals surface area contributed by atoms with Crippen molar-refractivity contribution in [3.05, 3.63) is 41.3 Å². The van der Waals surface area contributed by atoms with Crippen LogP contribution in [0.4, 0.5) is 10.6 Å². The number of pyridine rings is 1. The molecule has 8 nitrogen and oxygen atoms in total. The number of rotatable bonds is 3. The summed E-state index contributed by atoms with van der Waals surface area (Å²) < 4.78 is 6.27. The molecule has 0 atom stereocenters. The minimum Gasteiger partial charge on any atom is -0.448 e. The zero-order valence-electron chi connectivity index (χ0n) is 14.6. The topological polar surface area (TPSA) is 98.1 Å². The molecule has 1 amide bonds. The third-order valence-electron chi connectivity index (χ3n) is 3.85. The third-order valence-corrected chi connectivity index (χ3v) is 3.85. The van der Waals surface area contributed by atoms with Crippen molar-refractivity contribution in [3.63, 3.8) is 0 Å². The number of amides is 1. The number of aromatic nitrogens is 3. The van der Waals surface area contributed by atoms with Gasteiger partial charge in [0.25, 0.3) is 5.91 Å². The van der Waals surface area contributed by atoms with Crippen LogP contribution in [0.25, 0.3) is 0 Å². The molecule has 0 spiro atoms.